The van der Waals surface area contributed by atoms with Gasteiger partial charge in [0, 0.05) is 12.2 Å². The number of halogens is 1. The van der Waals surface area contributed by atoms with E-state index in [1.165, 1.54) is 12.1 Å². The lowest BCUT2D eigenvalue weighted by Crippen LogP contribution is -2.66. The minimum absolute atomic E-state index is 0.159. The van der Waals surface area contributed by atoms with Gasteiger partial charge < -0.3 is 10.0 Å². The molecule has 1 aromatic rings. The Balaban J connectivity index is 2.40. The molecule has 0 aromatic heterocycles. The largest absolute Gasteiger partial charge is 0.394 e. The predicted molar refractivity (Wildman–Crippen MR) is 71.5 cm³/mol. The van der Waals surface area contributed by atoms with Crippen LogP contribution in [0.1, 0.15) is 13.8 Å². The summed E-state index contributed by atoms with van der Waals surface area (Å²) >= 11 is 0. The van der Waals surface area contributed by atoms with Gasteiger partial charge in [0.05, 0.1) is 12.1 Å². The van der Waals surface area contributed by atoms with Crippen molar-refractivity contribution in [2.24, 2.45) is 0 Å². The van der Waals surface area contributed by atoms with Gasteiger partial charge in [-0.15, -0.1) is 0 Å². The monoisotopic (exact) mass is 266 g/mol. The number of anilines is 1. The standard InChI is InChI=1S/C14H19FN2O2/c1-14(2)9-16(3)12(8-18)13(19)17(14)11-6-4-10(15)5-7-11/h4-7,12,18H,8-9H2,1-3H3. The molecule has 1 aliphatic rings. The van der Waals surface area contributed by atoms with Gasteiger partial charge >= 0.3 is 0 Å². The fraction of sp³-hybridized carbons (Fsp3) is 0.500. The highest BCUT2D eigenvalue weighted by Gasteiger charge is 2.43. The van der Waals surface area contributed by atoms with Gasteiger partial charge in [-0.2, -0.15) is 0 Å². The second-order valence-corrected chi connectivity index (χ2v) is 5.58. The van der Waals surface area contributed by atoms with Crippen LogP contribution in [0.3, 0.4) is 0 Å². The molecule has 4 nitrogen and oxygen atoms in total. The Morgan fingerprint density at radius 1 is 1.37 bits per heavy atom. The molecular formula is C14H19FN2O2. The first-order valence-corrected chi connectivity index (χ1v) is 6.27. The van der Waals surface area contributed by atoms with E-state index in [1.54, 1.807) is 17.0 Å². The Hall–Kier alpha value is -1.46. The number of piperazine rings is 1. The van der Waals surface area contributed by atoms with Crippen molar-refractivity contribution in [1.82, 2.24) is 4.90 Å². The lowest BCUT2D eigenvalue weighted by molar-refractivity contribution is -0.129. The van der Waals surface area contributed by atoms with Gasteiger partial charge in [-0.05, 0) is 45.2 Å². The number of likely N-dealkylation sites (N-methyl/N-ethyl adjacent to an activating group) is 1. The van der Waals surface area contributed by atoms with Crippen LogP contribution in [0, 0.1) is 5.82 Å². The summed E-state index contributed by atoms with van der Waals surface area (Å²) in [5, 5.41) is 9.36. The van der Waals surface area contributed by atoms with Crippen molar-refractivity contribution in [3.63, 3.8) is 0 Å². The Kier molecular flexibility index (Phi) is 3.60. The van der Waals surface area contributed by atoms with Crippen molar-refractivity contribution in [1.29, 1.82) is 0 Å². The van der Waals surface area contributed by atoms with E-state index < -0.39 is 11.6 Å². The molecule has 0 radical (unpaired) electrons. The molecule has 1 saturated heterocycles. The predicted octanol–water partition coefficient (Wildman–Crippen LogP) is 1.24. The van der Waals surface area contributed by atoms with Gasteiger partial charge in [-0.3, -0.25) is 9.69 Å². The summed E-state index contributed by atoms with van der Waals surface area (Å²) in [4.78, 5) is 16.0. The number of nitrogens with zero attached hydrogens (tertiary/aromatic N) is 2. The third-order valence-corrected chi connectivity index (χ3v) is 3.54. The number of carbonyl (C=O) groups is 1. The fourth-order valence-corrected chi connectivity index (χ4v) is 2.71. The van der Waals surface area contributed by atoms with Crippen LogP contribution in [0.25, 0.3) is 0 Å². The first-order valence-electron chi connectivity index (χ1n) is 6.27. The molecule has 1 amide bonds. The Morgan fingerprint density at radius 2 is 1.95 bits per heavy atom. The molecule has 1 atom stereocenters. The van der Waals surface area contributed by atoms with Gasteiger partial charge in [0.25, 0.3) is 0 Å². The highest BCUT2D eigenvalue weighted by atomic mass is 19.1. The molecule has 1 heterocycles. The SMILES string of the molecule is CN1CC(C)(C)N(c2ccc(F)cc2)C(=O)C1CO. The number of amides is 1. The summed E-state index contributed by atoms with van der Waals surface area (Å²) in [6.07, 6.45) is 0. The van der Waals surface area contributed by atoms with Crippen molar-refractivity contribution in [3.05, 3.63) is 30.1 Å². The van der Waals surface area contributed by atoms with Crippen LogP contribution >= 0.6 is 0 Å². The van der Waals surface area contributed by atoms with E-state index in [1.807, 2.05) is 25.8 Å². The zero-order valence-electron chi connectivity index (χ0n) is 11.4. The first kappa shape index (κ1) is 14.0. The minimum atomic E-state index is -0.543. The van der Waals surface area contributed by atoms with Crippen LogP contribution in [0.5, 0.6) is 0 Å². The van der Waals surface area contributed by atoms with Crippen molar-refractivity contribution >= 4 is 11.6 Å². The van der Waals surface area contributed by atoms with Gasteiger partial charge in [-0.1, -0.05) is 0 Å². The topological polar surface area (TPSA) is 43.8 Å². The molecule has 1 aromatic carbocycles. The minimum Gasteiger partial charge on any atom is -0.394 e. The van der Waals surface area contributed by atoms with Gasteiger partial charge in [-0.25, -0.2) is 4.39 Å². The summed E-state index contributed by atoms with van der Waals surface area (Å²) in [6.45, 7) is 4.33. The summed E-state index contributed by atoms with van der Waals surface area (Å²) in [5.74, 6) is -0.491. The second-order valence-electron chi connectivity index (χ2n) is 5.58. The molecule has 104 valence electrons. The highest BCUT2D eigenvalue weighted by Crippen LogP contribution is 2.30. The van der Waals surface area contributed by atoms with Crippen LogP contribution < -0.4 is 4.90 Å². The van der Waals surface area contributed by atoms with Crippen molar-refractivity contribution in [2.75, 3.05) is 25.1 Å². The Morgan fingerprint density at radius 3 is 2.47 bits per heavy atom. The molecule has 1 unspecified atom stereocenters. The molecule has 2 rings (SSSR count). The second kappa shape index (κ2) is 4.90. The van der Waals surface area contributed by atoms with Crippen LogP contribution in [-0.4, -0.2) is 47.7 Å². The zero-order chi connectivity index (χ0) is 14.2. The van der Waals surface area contributed by atoms with E-state index in [0.29, 0.717) is 12.2 Å². The van der Waals surface area contributed by atoms with Crippen LogP contribution in [0.15, 0.2) is 24.3 Å². The van der Waals surface area contributed by atoms with Crippen LogP contribution in [-0.2, 0) is 4.79 Å². The number of hydrogen-bond donors (Lipinski definition) is 1. The number of hydrogen-bond acceptors (Lipinski definition) is 3. The average Bonchev–Trinajstić information content (AvgIpc) is 2.30. The molecule has 1 N–H and O–H groups in total. The smallest absolute Gasteiger partial charge is 0.247 e. The van der Waals surface area contributed by atoms with E-state index in [2.05, 4.69) is 0 Å². The molecule has 0 saturated carbocycles. The normalized spacial score (nSPS) is 23.7. The van der Waals surface area contributed by atoms with E-state index >= 15 is 0 Å². The molecule has 0 bridgehead atoms. The van der Waals surface area contributed by atoms with E-state index in [0.717, 1.165) is 0 Å². The van der Waals surface area contributed by atoms with Gasteiger partial charge in [0.1, 0.15) is 11.9 Å². The highest BCUT2D eigenvalue weighted by molar-refractivity contribution is 5.99. The molecule has 19 heavy (non-hydrogen) atoms. The third kappa shape index (κ3) is 2.48. The quantitative estimate of drug-likeness (QED) is 0.876. The molecule has 0 spiro atoms. The zero-order valence-corrected chi connectivity index (χ0v) is 11.4. The lowest BCUT2D eigenvalue weighted by atomic mass is 9.94. The van der Waals surface area contributed by atoms with Crippen LogP contribution in [0.2, 0.25) is 0 Å². The molecular weight excluding hydrogens is 247 g/mol. The van der Waals surface area contributed by atoms with Crippen molar-refractivity contribution < 1.29 is 14.3 Å². The number of aliphatic hydroxyl groups is 1. The molecule has 1 fully saturated rings. The average molecular weight is 266 g/mol. The lowest BCUT2D eigenvalue weighted by Gasteiger charge is -2.49. The van der Waals surface area contributed by atoms with Gasteiger partial charge in [0.2, 0.25) is 5.91 Å². The number of benzene rings is 1. The Bertz CT molecular complexity index is 473. The number of aliphatic hydroxyl groups excluding tert-OH is 1. The van der Waals surface area contributed by atoms with E-state index in [4.69, 9.17) is 0 Å². The van der Waals surface area contributed by atoms with Crippen molar-refractivity contribution in [3.8, 4) is 0 Å². The summed E-state index contributed by atoms with van der Waals surface area (Å²) in [7, 11) is 1.82. The number of carbonyl (C=O) groups excluding carboxylic acids is 1. The van der Waals surface area contributed by atoms with Crippen molar-refractivity contribution in [2.45, 2.75) is 25.4 Å². The fourth-order valence-electron chi connectivity index (χ4n) is 2.71. The summed E-state index contributed by atoms with van der Waals surface area (Å²) in [6, 6.07) is 5.32. The van der Waals surface area contributed by atoms with Crippen LogP contribution in [0.4, 0.5) is 10.1 Å². The summed E-state index contributed by atoms with van der Waals surface area (Å²) in [5.41, 5.74) is 0.248. The van der Waals surface area contributed by atoms with Gasteiger partial charge in [0.15, 0.2) is 0 Å². The summed E-state index contributed by atoms with van der Waals surface area (Å²) < 4.78 is 13.0. The first-order chi connectivity index (χ1) is 8.86. The molecule has 1 aliphatic heterocycles. The molecule has 0 aliphatic carbocycles. The van der Waals surface area contributed by atoms with E-state index in [9.17, 15) is 14.3 Å². The number of rotatable bonds is 2. The third-order valence-electron chi connectivity index (χ3n) is 3.54. The Labute approximate surface area is 112 Å². The maximum absolute atomic E-state index is 13.0. The van der Waals surface area contributed by atoms with E-state index in [-0.39, 0.29) is 18.3 Å². The molecule has 5 heteroatoms. The maximum atomic E-state index is 13.0. The maximum Gasteiger partial charge on any atom is 0.247 e.